The fourth-order valence-corrected chi connectivity index (χ4v) is 8.11. The van der Waals surface area contributed by atoms with Crippen molar-refractivity contribution >= 4 is 21.8 Å². The van der Waals surface area contributed by atoms with Crippen LogP contribution in [0.1, 0.15) is 23.6 Å². The molecular formula is C47H32N4. The van der Waals surface area contributed by atoms with E-state index in [4.69, 9.17) is 15.0 Å². The maximum atomic E-state index is 4.99. The van der Waals surface area contributed by atoms with Crippen molar-refractivity contribution in [2.75, 3.05) is 0 Å². The van der Waals surface area contributed by atoms with E-state index in [1.165, 1.54) is 49.6 Å². The highest BCUT2D eigenvalue weighted by molar-refractivity contribution is 6.13. The van der Waals surface area contributed by atoms with Gasteiger partial charge < -0.3 is 4.57 Å². The molecule has 0 N–H and O–H groups in total. The molecule has 0 bridgehead atoms. The van der Waals surface area contributed by atoms with E-state index < -0.39 is 0 Å². The van der Waals surface area contributed by atoms with Gasteiger partial charge in [0, 0.05) is 38.6 Å². The van der Waals surface area contributed by atoms with Crippen molar-refractivity contribution in [1.29, 1.82) is 0 Å². The number of fused-ring (bicyclic) bond motifs is 7. The van der Waals surface area contributed by atoms with E-state index in [9.17, 15) is 0 Å². The second kappa shape index (κ2) is 11.5. The summed E-state index contributed by atoms with van der Waals surface area (Å²) in [4.78, 5) is 14.9. The topological polar surface area (TPSA) is 43.6 Å². The van der Waals surface area contributed by atoms with E-state index in [-0.39, 0.29) is 5.41 Å². The molecule has 10 rings (SSSR count). The minimum Gasteiger partial charge on any atom is -0.309 e. The number of para-hydroxylation sites is 1. The normalized spacial score (nSPS) is 14.8. The number of rotatable bonds is 5. The Kier molecular flexibility index (Phi) is 6.58. The van der Waals surface area contributed by atoms with Gasteiger partial charge in [0.05, 0.1) is 11.0 Å². The van der Waals surface area contributed by atoms with Crippen molar-refractivity contribution in [3.8, 4) is 51.0 Å². The standard InChI is InChI=1S/C47H32N4/c1-47(34-19-9-4-10-20-34)40-23-13-11-21-36(40)38-29-30-39-37-22-12-14-24-41(37)51(43(39)42(38)47)35-27-25-33(26-28-35)46-49-44(31-15-5-2-6-16-31)48-45(50-46)32-17-7-3-8-18-32/h2-30H,1H3. The molecule has 0 aliphatic heterocycles. The van der Waals surface area contributed by atoms with Crippen molar-refractivity contribution < 1.29 is 0 Å². The Morgan fingerprint density at radius 2 is 0.961 bits per heavy atom. The quantitative estimate of drug-likeness (QED) is 0.186. The zero-order chi connectivity index (χ0) is 33.9. The van der Waals surface area contributed by atoms with Crippen LogP contribution in [0.2, 0.25) is 0 Å². The average molecular weight is 653 g/mol. The number of hydrogen-bond donors (Lipinski definition) is 0. The molecule has 0 spiro atoms. The van der Waals surface area contributed by atoms with Gasteiger partial charge in [0.1, 0.15) is 0 Å². The molecule has 0 radical (unpaired) electrons. The summed E-state index contributed by atoms with van der Waals surface area (Å²) in [6.07, 6.45) is 0. The van der Waals surface area contributed by atoms with E-state index in [0.29, 0.717) is 17.5 Å². The van der Waals surface area contributed by atoms with Gasteiger partial charge >= 0.3 is 0 Å². The third kappa shape index (κ3) is 4.50. The summed E-state index contributed by atoms with van der Waals surface area (Å²) in [5.41, 5.74) is 12.6. The van der Waals surface area contributed by atoms with Crippen LogP contribution >= 0.6 is 0 Å². The van der Waals surface area contributed by atoms with E-state index in [0.717, 1.165) is 22.4 Å². The summed E-state index contributed by atoms with van der Waals surface area (Å²) in [6.45, 7) is 2.40. The molecule has 2 heterocycles. The molecule has 0 fully saturated rings. The molecule has 1 aliphatic carbocycles. The molecule has 0 saturated carbocycles. The molecule has 240 valence electrons. The van der Waals surface area contributed by atoms with Crippen LogP contribution in [0.15, 0.2) is 176 Å². The fourth-order valence-electron chi connectivity index (χ4n) is 8.11. The van der Waals surface area contributed by atoms with Gasteiger partial charge in [-0.2, -0.15) is 0 Å². The average Bonchev–Trinajstić information content (AvgIpc) is 3.69. The first-order valence-electron chi connectivity index (χ1n) is 17.4. The van der Waals surface area contributed by atoms with Crippen LogP contribution in [0.4, 0.5) is 0 Å². The lowest BCUT2D eigenvalue weighted by Crippen LogP contribution is -2.23. The van der Waals surface area contributed by atoms with E-state index >= 15 is 0 Å². The number of hydrogen-bond acceptors (Lipinski definition) is 3. The predicted octanol–water partition coefficient (Wildman–Crippen LogP) is 11.3. The van der Waals surface area contributed by atoms with Crippen molar-refractivity contribution in [3.05, 3.63) is 193 Å². The highest BCUT2D eigenvalue weighted by Gasteiger charge is 2.43. The molecule has 4 heteroatoms. The molecule has 7 aromatic carbocycles. The Labute approximate surface area is 296 Å². The minimum absolute atomic E-state index is 0.342. The lowest BCUT2D eigenvalue weighted by Gasteiger charge is -2.29. The highest BCUT2D eigenvalue weighted by atomic mass is 15.0. The molecule has 2 aromatic heterocycles. The first kappa shape index (κ1) is 29.3. The number of aromatic nitrogens is 4. The Morgan fingerprint density at radius 3 is 1.61 bits per heavy atom. The maximum absolute atomic E-state index is 4.99. The van der Waals surface area contributed by atoms with Gasteiger partial charge in [0.25, 0.3) is 0 Å². The van der Waals surface area contributed by atoms with Gasteiger partial charge in [-0.05, 0) is 65.1 Å². The van der Waals surface area contributed by atoms with Gasteiger partial charge in [0.15, 0.2) is 17.5 Å². The molecule has 4 nitrogen and oxygen atoms in total. The van der Waals surface area contributed by atoms with Crippen molar-refractivity contribution in [1.82, 2.24) is 19.5 Å². The van der Waals surface area contributed by atoms with Crippen LogP contribution in [0, 0.1) is 0 Å². The predicted molar refractivity (Wildman–Crippen MR) is 208 cm³/mol. The zero-order valence-corrected chi connectivity index (χ0v) is 28.0. The molecule has 9 aromatic rings. The third-order valence-corrected chi connectivity index (χ3v) is 10.5. The lowest BCUT2D eigenvalue weighted by atomic mass is 9.73. The van der Waals surface area contributed by atoms with Crippen LogP contribution in [-0.2, 0) is 5.41 Å². The SMILES string of the molecule is CC1(c2ccccc2)c2ccccc2-c2ccc3c4ccccc4n(-c4ccc(-c5nc(-c6ccccc6)nc(-c6ccccc6)n5)cc4)c3c21. The van der Waals surface area contributed by atoms with Gasteiger partial charge in [-0.25, -0.2) is 15.0 Å². The molecule has 51 heavy (non-hydrogen) atoms. The van der Waals surface area contributed by atoms with Gasteiger partial charge in [-0.3, -0.25) is 0 Å². The Morgan fingerprint density at radius 1 is 0.431 bits per heavy atom. The molecule has 1 atom stereocenters. The minimum atomic E-state index is -0.342. The van der Waals surface area contributed by atoms with E-state index in [1.54, 1.807) is 0 Å². The molecule has 0 saturated heterocycles. The second-order valence-corrected chi connectivity index (χ2v) is 13.4. The van der Waals surface area contributed by atoms with Crippen LogP contribution < -0.4 is 0 Å². The summed E-state index contributed by atoms with van der Waals surface area (Å²) < 4.78 is 2.46. The summed E-state index contributed by atoms with van der Waals surface area (Å²) in [5, 5.41) is 2.49. The van der Waals surface area contributed by atoms with Crippen molar-refractivity contribution in [2.24, 2.45) is 0 Å². The van der Waals surface area contributed by atoms with Crippen LogP contribution in [-0.4, -0.2) is 19.5 Å². The number of benzene rings is 7. The van der Waals surface area contributed by atoms with Crippen molar-refractivity contribution in [2.45, 2.75) is 12.3 Å². The summed E-state index contributed by atoms with van der Waals surface area (Å²) in [7, 11) is 0. The first-order chi connectivity index (χ1) is 25.2. The summed E-state index contributed by atoms with van der Waals surface area (Å²) >= 11 is 0. The maximum Gasteiger partial charge on any atom is 0.164 e. The Balaban J connectivity index is 1.19. The second-order valence-electron chi connectivity index (χ2n) is 13.4. The summed E-state index contributed by atoms with van der Waals surface area (Å²) in [6, 6.07) is 62.2. The lowest BCUT2D eigenvalue weighted by molar-refractivity contribution is 0.717. The Hall–Kier alpha value is -6.65. The van der Waals surface area contributed by atoms with Crippen molar-refractivity contribution in [3.63, 3.8) is 0 Å². The summed E-state index contributed by atoms with van der Waals surface area (Å²) in [5.74, 6) is 1.95. The third-order valence-electron chi connectivity index (χ3n) is 10.5. The van der Waals surface area contributed by atoms with Gasteiger partial charge in [0.2, 0.25) is 0 Å². The zero-order valence-electron chi connectivity index (χ0n) is 28.0. The van der Waals surface area contributed by atoms with Crippen LogP contribution in [0.5, 0.6) is 0 Å². The number of nitrogens with zero attached hydrogens (tertiary/aromatic N) is 4. The molecule has 0 amide bonds. The molecule has 1 aliphatic rings. The van der Waals surface area contributed by atoms with Gasteiger partial charge in [-0.15, -0.1) is 0 Å². The Bertz CT molecular complexity index is 2680. The fraction of sp³-hybridized carbons (Fsp3) is 0.0426. The smallest absolute Gasteiger partial charge is 0.164 e. The van der Waals surface area contributed by atoms with Crippen LogP contribution in [0.3, 0.4) is 0 Å². The molecular weight excluding hydrogens is 621 g/mol. The highest BCUT2D eigenvalue weighted by Crippen LogP contribution is 2.55. The van der Waals surface area contributed by atoms with Gasteiger partial charge in [-0.1, -0.05) is 146 Å². The van der Waals surface area contributed by atoms with E-state index in [1.807, 2.05) is 60.7 Å². The van der Waals surface area contributed by atoms with E-state index in [2.05, 4.69) is 127 Å². The van der Waals surface area contributed by atoms with Crippen LogP contribution in [0.25, 0.3) is 72.8 Å². The first-order valence-corrected chi connectivity index (χ1v) is 17.4. The largest absolute Gasteiger partial charge is 0.309 e. The molecule has 1 unspecified atom stereocenters. The monoisotopic (exact) mass is 652 g/mol.